The van der Waals surface area contributed by atoms with Gasteiger partial charge in [-0.3, -0.25) is 0 Å². The highest BCUT2D eigenvalue weighted by Crippen LogP contribution is 2.27. The first-order chi connectivity index (χ1) is 12.0. The van der Waals surface area contributed by atoms with Crippen LogP contribution in [0.1, 0.15) is 6.92 Å². The Morgan fingerprint density at radius 3 is 2.60 bits per heavy atom. The van der Waals surface area contributed by atoms with Crippen molar-refractivity contribution in [2.45, 2.75) is 13.0 Å². The third kappa shape index (κ3) is 5.76. The Hall–Kier alpha value is -2.60. The summed E-state index contributed by atoms with van der Waals surface area (Å²) in [6.07, 6.45) is -0.146. The number of anilines is 1. The molecular formula is C18H22ClN3O3. The van der Waals surface area contributed by atoms with Gasteiger partial charge in [0.15, 0.2) is 5.96 Å². The Bertz CT molecular complexity index is 737. The Kier molecular flexibility index (Phi) is 6.77. The van der Waals surface area contributed by atoms with E-state index in [0.717, 1.165) is 17.2 Å². The number of aliphatic imine (C=N–C) groups is 1. The quantitative estimate of drug-likeness (QED) is 0.581. The van der Waals surface area contributed by atoms with Gasteiger partial charge in [-0.15, -0.1) is 0 Å². The topological polar surface area (TPSA) is 78.1 Å². The van der Waals surface area contributed by atoms with Gasteiger partial charge in [0.05, 0.1) is 25.8 Å². The van der Waals surface area contributed by atoms with Crippen molar-refractivity contribution in [3.8, 4) is 17.2 Å². The van der Waals surface area contributed by atoms with Gasteiger partial charge < -0.3 is 25.3 Å². The zero-order valence-electron chi connectivity index (χ0n) is 14.5. The molecule has 0 bridgehead atoms. The second-order valence-corrected chi connectivity index (χ2v) is 5.71. The predicted molar refractivity (Wildman–Crippen MR) is 101 cm³/mol. The van der Waals surface area contributed by atoms with E-state index in [2.05, 4.69) is 10.3 Å². The summed E-state index contributed by atoms with van der Waals surface area (Å²) >= 11 is 6.08. The lowest BCUT2D eigenvalue weighted by atomic mass is 10.3. The summed E-state index contributed by atoms with van der Waals surface area (Å²) in [4.78, 5) is 4.28. The third-order valence-corrected chi connectivity index (χ3v) is 3.62. The van der Waals surface area contributed by atoms with Crippen molar-refractivity contribution in [3.63, 3.8) is 0 Å². The van der Waals surface area contributed by atoms with E-state index in [1.807, 2.05) is 37.3 Å². The Morgan fingerprint density at radius 2 is 1.92 bits per heavy atom. The maximum Gasteiger partial charge on any atom is 0.193 e. The molecule has 1 atom stereocenters. The normalized spacial score (nSPS) is 12.4. The number of nitrogens with two attached hydrogens (primary N) is 1. The molecule has 2 rings (SSSR count). The van der Waals surface area contributed by atoms with E-state index >= 15 is 0 Å². The molecule has 0 heterocycles. The van der Waals surface area contributed by atoms with Crippen LogP contribution >= 0.6 is 11.6 Å². The average molecular weight is 364 g/mol. The summed E-state index contributed by atoms with van der Waals surface area (Å²) in [5.41, 5.74) is 6.63. The van der Waals surface area contributed by atoms with Crippen LogP contribution in [0.15, 0.2) is 47.5 Å². The second kappa shape index (κ2) is 9.03. The summed E-state index contributed by atoms with van der Waals surface area (Å²) in [6, 6.07) is 12.7. The van der Waals surface area contributed by atoms with Crippen LogP contribution in [0.5, 0.6) is 17.2 Å². The van der Waals surface area contributed by atoms with Crippen LogP contribution in [0.25, 0.3) is 0 Å². The Morgan fingerprint density at radius 1 is 1.16 bits per heavy atom. The number of halogens is 1. The van der Waals surface area contributed by atoms with Crippen LogP contribution < -0.4 is 25.3 Å². The molecule has 2 aromatic rings. The van der Waals surface area contributed by atoms with Gasteiger partial charge in [0.1, 0.15) is 23.4 Å². The monoisotopic (exact) mass is 363 g/mol. The van der Waals surface area contributed by atoms with Gasteiger partial charge in [0, 0.05) is 11.8 Å². The van der Waals surface area contributed by atoms with Crippen molar-refractivity contribution < 1.29 is 14.2 Å². The number of nitrogens with zero attached hydrogens (tertiary/aromatic N) is 1. The summed E-state index contributed by atoms with van der Waals surface area (Å²) < 4.78 is 16.1. The largest absolute Gasteiger partial charge is 0.497 e. The summed E-state index contributed by atoms with van der Waals surface area (Å²) in [5, 5.41) is 3.48. The van der Waals surface area contributed by atoms with E-state index in [-0.39, 0.29) is 12.1 Å². The lowest BCUT2D eigenvalue weighted by molar-refractivity contribution is 0.229. The lowest BCUT2D eigenvalue weighted by Gasteiger charge is -2.14. The van der Waals surface area contributed by atoms with Crippen molar-refractivity contribution in [1.29, 1.82) is 0 Å². The highest BCUT2D eigenvalue weighted by atomic mass is 35.5. The summed E-state index contributed by atoms with van der Waals surface area (Å²) in [5.74, 6) is 2.34. The van der Waals surface area contributed by atoms with Crippen molar-refractivity contribution in [2.75, 3.05) is 26.1 Å². The SMILES string of the molecule is COc1cccc(OC(C)CN=C(N)Nc2ccc(OC)c(Cl)c2)c1. The first-order valence-electron chi connectivity index (χ1n) is 7.73. The van der Waals surface area contributed by atoms with Gasteiger partial charge in [-0.1, -0.05) is 17.7 Å². The molecule has 0 saturated heterocycles. The average Bonchev–Trinajstić information content (AvgIpc) is 2.60. The second-order valence-electron chi connectivity index (χ2n) is 5.31. The predicted octanol–water partition coefficient (Wildman–Crippen LogP) is 3.55. The van der Waals surface area contributed by atoms with E-state index < -0.39 is 0 Å². The van der Waals surface area contributed by atoms with Gasteiger partial charge in [-0.2, -0.15) is 0 Å². The van der Waals surface area contributed by atoms with Crippen molar-refractivity contribution >= 4 is 23.2 Å². The molecule has 0 amide bonds. The molecule has 3 N–H and O–H groups in total. The first-order valence-corrected chi connectivity index (χ1v) is 8.11. The number of guanidine groups is 1. The number of methoxy groups -OCH3 is 2. The molecule has 1 unspecified atom stereocenters. The van der Waals surface area contributed by atoms with Crippen molar-refractivity contribution in [3.05, 3.63) is 47.5 Å². The molecule has 0 aromatic heterocycles. The molecule has 2 aromatic carbocycles. The Labute approximate surface area is 152 Å². The van der Waals surface area contributed by atoms with Gasteiger partial charge in [-0.25, -0.2) is 4.99 Å². The fourth-order valence-electron chi connectivity index (χ4n) is 2.10. The van der Waals surface area contributed by atoms with E-state index in [4.69, 9.17) is 31.5 Å². The smallest absolute Gasteiger partial charge is 0.193 e. The van der Waals surface area contributed by atoms with Gasteiger partial charge >= 0.3 is 0 Å². The lowest BCUT2D eigenvalue weighted by Crippen LogP contribution is -2.25. The molecule has 0 fully saturated rings. The Balaban J connectivity index is 1.90. The zero-order valence-corrected chi connectivity index (χ0v) is 15.2. The highest BCUT2D eigenvalue weighted by Gasteiger charge is 2.06. The standard InChI is InChI=1S/C18H22ClN3O3/c1-12(25-15-6-4-5-14(10-15)23-2)11-21-18(20)22-13-7-8-17(24-3)16(19)9-13/h4-10,12H,11H2,1-3H3,(H3,20,21,22). The maximum atomic E-state index is 6.08. The van der Waals surface area contributed by atoms with Crippen LogP contribution in [0.2, 0.25) is 5.02 Å². The summed E-state index contributed by atoms with van der Waals surface area (Å²) in [7, 11) is 3.18. The zero-order chi connectivity index (χ0) is 18.2. The molecule has 0 aliphatic rings. The number of rotatable bonds is 7. The maximum absolute atomic E-state index is 6.08. The molecule has 0 aliphatic carbocycles. The van der Waals surface area contributed by atoms with Crippen LogP contribution in [-0.4, -0.2) is 32.8 Å². The molecule has 134 valence electrons. The van der Waals surface area contributed by atoms with Gasteiger partial charge in [-0.05, 0) is 37.3 Å². The van der Waals surface area contributed by atoms with Gasteiger partial charge in [0.2, 0.25) is 0 Å². The van der Waals surface area contributed by atoms with Crippen LogP contribution in [0.4, 0.5) is 5.69 Å². The minimum absolute atomic E-state index is 0.146. The van der Waals surface area contributed by atoms with Crippen LogP contribution in [0, 0.1) is 0 Å². The molecule has 0 spiro atoms. The van der Waals surface area contributed by atoms with Crippen molar-refractivity contribution in [1.82, 2.24) is 0 Å². The van der Waals surface area contributed by atoms with Gasteiger partial charge in [0.25, 0.3) is 0 Å². The molecule has 6 nitrogen and oxygen atoms in total. The van der Waals surface area contributed by atoms with Crippen molar-refractivity contribution in [2.24, 2.45) is 10.7 Å². The van der Waals surface area contributed by atoms with E-state index in [9.17, 15) is 0 Å². The molecule has 25 heavy (non-hydrogen) atoms. The van der Waals surface area contributed by atoms with Crippen LogP contribution in [0.3, 0.4) is 0 Å². The number of ether oxygens (including phenoxy) is 3. The number of hydrogen-bond donors (Lipinski definition) is 2. The van der Waals surface area contributed by atoms with Crippen LogP contribution in [-0.2, 0) is 0 Å². The molecule has 0 aliphatic heterocycles. The third-order valence-electron chi connectivity index (χ3n) is 3.32. The first kappa shape index (κ1) is 18.7. The number of nitrogens with one attached hydrogen (secondary N) is 1. The molecule has 7 heteroatoms. The number of benzene rings is 2. The minimum Gasteiger partial charge on any atom is -0.497 e. The fraction of sp³-hybridized carbons (Fsp3) is 0.278. The highest BCUT2D eigenvalue weighted by molar-refractivity contribution is 6.32. The van der Waals surface area contributed by atoms with E-state index in [0.29, 0.717) is 17.3 Å². The van der Waals surface area contributed by atoms with E-state index in [1.54, 1.807) is 26.4 Å². The minimum atomic E-state index is -0.146. The summed E-state index contributed by atoms with van der Waals surface area (Å²) in [6.45, 7) is 2.32. The molecule has 0 saturated carbocycles. The van der Waals surface area contributed by atoms with E-state index in [1.165, 1.54) is 0 Å². The molecular weight excluding hydrogens is 342 g/mol. The fourth-order valence-corrected chi connectivity index (χ4v) is 2.36. The number of hydrogen-bond acceptors (Lipinski definition) is 4. The molecule has 0 radical (unpaired) electrons.